The second-order valence-corrected chi connectivity index (χ2v) is 4.70. The summed E-state index contributed by atoms with van der Waals surface area (Å²) in [5, 5.41) is 7.49. The van der Waals surface area contributed by atoms with Gasteiger partial charge in [-0.25, -0.2) is 0 Å². The highest BCUT2D eigenvalue weighted by atomic mass is 32.2. The molecule has 72 valence electrons. The summed E-state index contributed by atoms with van der Waals surface area (Å²) >= 11 is 2.14. The maximum absolute atomic E-state index is 3.47. The van der Waals surface area contributed by atoms with Crippen molar-refractivity contribution in [2.24, 2.45) is 0 Å². The van der Waals surface area contributed by atoms with Crippen LogP contribution in [0.1, 0.15) is 19.3 Å². The van der Waals surface area contributed by atoms with E-state index in [9.17, 15) is 0 Å². The van der Waals surface area contributed by atoms with Gasteiger partial charge >= 0.3 is 0 Å². The molecule has 1 heterocycles. The summed E-state index contributed by atoms with van der Waals surface area (Å²) in [5.74, 6) is 1.37. The summed E-state index contributed by atoms with van der Waals surface area (Å²) in [4.78, 5) is 0. The predicted molar refractivity (Wildman–Crippen MR) is 56.9 cm³/mol. The van der Waals surface area contributed by atoms with E-state index in [1.165, 1.54) is 31.6 Å². The predicted octanol–water partition coefficient (Wildman–Crippen LogP) is 1.08. The Hall–Kier alpha value is 0.270. The van der Waals surface area contributed by atoms with Crippen molar-refractivity contribution in [3.05, 3.63) is 0 Å². The summed E-state index contributed by atoms with van der Waals surface area (Å²) in [5.41, 5.74) is 0. The number of hydrogen-bond donors (Lipinski definition) is 2. The molecule has 1 aliphatic rings. The third-order valence-electron chi connectivity index (χ3n) is 2.20. The monoisotopic (exact) mass is 188 g/mol. The first-order chi connectivity index (χ1) is 5.93. The molecule has 3 heteroatoms. The first-order valence-corrected chi connectivity index (χ1v) is 5.95. The molecule has 1 rings (SSSR count). The van der Waals surface area contributed by atoms with Crippen LogP contribution in [0.4, 0.5) is 0 Å². The summed E-state index contributed by atoms with van der Waals surface area (Å²) in [7, 11) is 2.00. The van der Waals surface area contributed by atoms with Gasteiger partial charge < -0.3 is 10.6 Å². The third kappa shape index (κ3) is 4.33. The maximum Gasteiger partial charge on any atom is 0.0172 e. The van der Waals surface area contributed by atoms with Crippen LogP contribution in [0.2, 0.25) is 0 Å². The van der Waals surface area contributed by atoms with Crippen molar-refractivity contribution in [1.29, 1.82) is 0 Å². The molecule has 1 unspecified atom stereocenters. The van der Waals surface area contributed by atoms with Crippen molar-refractivity contribution in [2.75, 3.05) is 32.4 Å². The molecule has 0 aromatic carbocycles. The Morgan fingerprint density at radius 1 is 1.33 bits per heavy atom. The third-order valence-corrected chi connectivity index (χ3v) is 3.60. The Kier molecular flexibility index (Phi) is 5.82. The molecule has 0 bridgehead atoms. The Morgan fingerprint density at radius 2 is 2.25 bits per heavy atom. The molecular formula is C9H20N2S. The highest BCUT2D eigenvalue weighted by Gasteiger charge is 2.12. The molecular weight excluding hydrogens is 168 g/mol. The SMILES string of the molecule is CNCCNCC1CCCCS1. The van der Waals surface area contributed by atoms with Gasteiger partial charge in [-0.15, -0.1) is 0 Å². The first-order valence-electron chi connectivity index (χ1n) is 4.90. The molecule has 0 amide bonds. The molecule has 1 aliphatic heterocycles. The molecule has 0 aromatic rings. The van der Waals surface area contributed by atoms with Gasteiger partial charge in [0.25, 0.3) is 0 Å². The van der Waals surface area contributed by atoms with E-state index in [0.29, 0.717) is 0 Å². The van der Waals surface area contributed by atoms with Gasteiger partial charge in [-0.3, -0.25) is 0 Å². The number of likely N-dealkylation sites (N-methyl/N-ethyl adjacent to an activating group) is 1. The number of hydrogen-bond acceptors (Lipinski definition) is 3. The van der Waals surface area contributed by atoms with Crippen molar-refractivity contribution in [2.45, 2.75) is 24.5 Å². The van der Waals surface area contributed by atoms with Crippen molar-refractivity contribution in [3.8, 4) is 0 Å². The lowest BCUT2D eigenvalue weighted by Crippen LogP contribution is -2.31. The van der Waals surface area contributed by atoms with Crippen LogP contribution in [0.25, 0.3) is 0 Å². The molecule has 0 spiro atoms. The van der Waals surface area contributed by atoms with Crippen LogP contribution >= 0.6 is 11.8 Å². The highest BCUT2D eigenvalue weighted by Crippen LogP contribution is 2.23. The van der Waals surface area contributed by atoms with E-state index >= 15 is 0 Å². The van der Waals surface area contributed by atoms with Crippen molar-refractivity contribution in [1.82, 2.24) is 10.6 Å². The molecule has 0 aliphatic carbocycles. The van der Waals surface area contributed by atoms with E-state index in [1.807, 2.05) is 7.05 Å². The molecule has 1 fully saturated rings. The largest absolute Gasteiger partial charge is 0.318 e. The van der Waals surface area contributed by atoms with Gasteiger partial charge in [0.2, 0.25) is 0 Å². The zero-order valence-electron chi connectivity index (χ0n) is 7.94. The summed E-state index contributed by atoms with van der Waals surface area (Å²) in [6.45, 7) is 3.39. The lowest BCUT2D eigenvalue weighted by Gasteiger charge is -2.21. The summed E-state index contributed by atoms with van der Waals surface area (Å²) in [6, 6.07) is 0. The second kappa shape index (κ2) is 6.75. The van der Waals surface area contributed by atoms with Gasteiger partial charge in [0, 0.05) is 24.9 Å². The molecule has 1 saturated heterocycles. The quantitative estimate of drug-likeness (QED) is 0.631. The minimum atomic E-state index is 0.885. The van der Waals surface area contributed by atoms with E-state index < -0.39 is 0 Å². The Labute approximate surface area is 79.9 Å². The zero-order valence-corrected chi connectivity index (χ0v) is 8.75. The van der Waals surface area contributed by atoms with E-state index in [0.717, 1.165) is 18.3 Å². The van der Waals surface area contributed by atoms with Crippen LogP contribution in [0.5, 0.6) is 0 Å². The second-order valence-electron chi connectivity index (χ2n) is 3.30. The first kappa shape index (κ1) is 10.4. The van der Waals surface area contributed by atoms with Gasteiger partial charge in [0.1, 0.15) is 0 Å². The van der Waals surface area contributed by atoms with Crippen molar-refractivity contribution >= 4 is 11.8 Å². The van der Waals surface area contributed by atoms with Gasteiger partial charge in [0.05, 0.1) is 0 Å². The van der Waals surface area contributed by atoms with E-state index in [4.69, 9.17) is 0 Å². The van der Waals surface area contributed by atoms with Gasteiger partial charge in [-0.2, -0.15) is 11.8 Å². The van der Waals surface area contributed by atoms with Crippen molar-refractivity contribution in [3.63, 3.8) is 0 Å². The Balaban J connectivity index is 1.91. The lowest BCUT2D eigenvalue weighted by molar-refractivity contribution is 0.588. The fourth-order valence-electron chi connectivity index (χ4n) is 1.44. The van der Waals surface area contributed by atoms with E-state index in [2.05, 4.69) is 22.4 Å². The number of rotatable bonds is 5. The highest BCUT2D eigenvalue weighted by molar-refractivity contribution is 7.99. The standard InChI is InChI=1S/C9H20N2S/c1-10-5-6-11-8-9-4-2-3-7-12-9/h9-11H,2-8H2,1H3. The van der Waals surface area contributed by atoms with Crippen LogP contribution in [0.3, 0.4) is 0 Å². The average Bonchev–Trinajstić information content (AvgIpc) is 2.14. The van der Waals surface area contributed by atoms with Gasteiger partial charge in [-0.05, 0) is 25.6 Å². The fraction of sp³-hybridized carbons (Fsp3) is 1.00. The Morgan fingerprint density at radius 3 is 2.92 bits per heavy atom. The average molecular weight is 188 g/mol. The minimum Gasteiger partial charge on any atom is -0.318 e. The van der Waals surface area contributed by atoms with E-state index in [-0.39, 0.29) is 0 Å². The van der Waals surface area contributed by atoms with Crippen LogP contribution in [0.15, 0.2) is 0 Å². The van der Waals surface area contributed by atoms with Crippen LogP contribution < -0.4 is 10.6 Å². The smallest absolute Gasteiger partial charge is 0.0172 e. The zero-order chi connectivity index (χ0) is 8.65. The molecule has 2 N–H and O–H groups in total. The van der Waals surface area contributed by atoms with Crippen LogP contribution in [0, 0.1) is 0 Å². The Bertz CT molecular complexity index is 103. The molecule has 0 aromatic heterocycles. The van der Waals surface area contributed by atoms with E-state index in [1.54, 1.807) is 0 Å². The molecule has 0 radical (unpaired) electrons. The maximum atomic E-state index is 3.47. The number of thioether (sulfide) groups is 1. The normalized spacial score (nSPS) is 24.2. The number of nitrogens with one attached hydrogen (secondary N) is 2. The van der Waals surface area contributed by atoms with Crippen LogP contribution in [-0.2, 0) is 0 Å². The van der Waals surface area contributed by atoms with Gasteiger partial charge in [0.15, 0.2) is 0 Å². The van der Waals surface area contributed by atoms with Crippen molar-refractivity contribution < 1.29 is 0 Å². The minimum absolute atomic E-state index is 0.885. The molecule has 12 heavy (non-hydrogen) atoms. The topological polar surface area (TPSA) is 24.1 Å². The molecule has 1 atom stereocenters. The lowest BCUT2D eigenvalue weighted by atomic mass is 10.2. The summed E-state index contributed by atoms with van der Waals surface area (Å²) in [6.07, 6.45) is 4.28. The molecule has 2 nitrogen and oxygen atoms in total. The fourth-order valence-corrected chi connectivity index (χ4v) is 2.72. The summed E-state index contributed by atoms with van der Waals surface area (Å²) < 4.78 is 0. The van der Waals surface area contributed by atoms with Gasteiger partial charge in [-0.1, -0.05) is 6.42 Å². The van der Waals surface area contributed by atoms with Crippen LogP contribution in [-0.4, -0.2) is 37.7 Å². The molecule has 0 saturated carbocycles.